The van der Waals surface area contributed by atoms with Gasteiger partial charge in [0.15, 0.2) is 0 Å². The Morgan fingerprint density at radius 1 is 0.456 bits per heavy atom. The monoisotopic (exact) mass is 800 g/mol. The summed E-state index contributed by atoms with van der Waals surface area (Å²) in [6, 6.07) is 0. The van der Waals surface area contributed by atoms with Crippen molar-refractivity contribution in [2.75, 3.05) is 46.4 Å². The van der Waals surface area contributed by atoms with Gasteiger partial charge in [-0.15, -0.1) is 0 Å². The molecule has 336 valence electrons. The van der Waals surface area contributed by atoms with Crippen LogP contribution in [0.5, 0.6) is 0 Å². The number of nitrogens with one attached hydrogen (secondary N) is 2. The Morgan fingerprint density at radius 2 is 0.825 bits per heavy atom. The minimum absolute atomic E-state index is 0.0559. The second kappa shape index (κ2) is 40.1. The number of rotatable bonds is 46. The van der Waals surface area contributed by atoms with E-state index in [2.05, 4.69) is 49.8 Å². The van der Waals surface area contributed by atoms with Crippen LogP contribution in [0.3, 0.4) is 0 Å². The Hall–Kier alpha value is -1.33. The number of nitrogens with zero attached hydrogens (tertiary/aromatic N) is 1. The van der Waals surface area contributed by atoms with E-state index in [1.165, 1.54) is 225 Å². The minimum Gasteiger partial charge on any atom is -0.383 e. The first kappa shape index (κ1) is 53.7. The number of ether oxygens (including phenoxy) is 1. The van der Waals surface area contributed by atoms with E-state index in [1.54, 1.807) is 7.11 Å². The first-order valence-electron chi connectivity index (χ1n) is 25.7. The summed E-state index contributed by atoms with van der Waals surface area (Å²) in [5, 5.41) is 6.77. The highest BCUT2D eigenvalue weighted by Crippen LogP contribution is 2.26. The van der Waals surface area contributed by atoms with Crippen LogP contribution in [0.25, 0.3) is 0 Å². The number of hydrogen-bond acceptors (Lipinski definition) is 5. The van der Waals surface area contributed by atoms with Crippen molar-refractivity contribution in [1.82, 2.24) is 15.5 Å². The molecule has 2 N–H and O–H groups in total. The third-order valence-electron chi connectivity index (χ3n) is 12.9. The standard InChI is InChI=1S/C52H101N3O2/c1-7-11-14-17-21-29-38-49(39-30-22-18-15-12-8-2)40-31-24-20-26-33-44-55(45-34-41-53-51-50(47(5)52(51)56)54-42-46-57-6)43-32-25-19-23-28-37-48(35-10-4)36-27-16-13-9-3/h48-49,53-54H,5,7-46H2,1-4,6H3. The quantitative estimate of drug-likeness (QED) is 0.0474. The lowest BCUT2D eigenvalue weighted by Crippen LogP contribution is -2.40. The molecular formula is C52H101N3O2. The van der Waals surface area contributed by atoms with Crippen LogP contribution >= 0.6 is 0 Å². The van der Waals surface area contributed by atoms with Crippen LogP contribution in [-0.2, 0) is 9.53 Å². The molecule has 0 aromatic rings. The summed E-state index contributed by atoms with van der Waals surface area (Å²) >= 11 is 0. The van der Waals surface area contributed by atoms with Gasteiger partial charge in [0.25, 0.3) is 0 Å². The fraction of sp³-hybridized carbons (Fsp3) is 0.904. The summed E-state index contributed by atoms with van der Waals surface area (Å²) in [7, 11) is 1.70. The number of allylic oxidation sites excluding steroid dienone is 2. The van der Waals surface area contributed by atoms with Crippen molar-refractivity contribution < 1.29 is 9.53 Å². The van der Waals surface area contributed by atoms with E-state index < -0.39 is 0 Å². The van der Waals surface area contributed by atoms with Gasteiger partial charge in [0.2, 0.25) is 5.78 Å². The van der Waals surface area contributed by atoms with E-state index >= 15 is 0 Å². The highest BCUT2D eigenvalue weighted by molar-refractivity contribution is 6.18. The first-order chi connectivity index (χ1) is 28.0. The van der Waals surface area contributed by atoms with Gasteiger partial charge in [-0.1, -0.05) is 233 Å². The number of carbonyl (C=O) groups excluding carboxylic acids is 1. The molecule has 0 aromatic carbocycles. The maximum absolute atomic E-state index is 12.5. The molecule has 1 aliphatic carbocycles. The SMILES string of the molecule is C=C1C(=O)C(NCCCN(CCCCCCCC(CCC)CCCCCC)CCCCCCCC(CCCCCCCC)CCCCCCCC)=C1NCCOC. The van der Waals surface area contributed by atoms with Gasteiger partial charge in [-0.2, -0.15) is 0 Å². The van der Waals surface area contributed by atoms with Crippen molar-refractivity contribution in [2.24, 2.45) is 11.8 Å². The normalized spacial score (nSPS) is 13.7. The summed E-state index contributed by atoms with van der Waals surface area (Å²) in [4.78, 5) is 15.2. The molecule has 5 nitrogen and oxygen atoms in total. The summed E-state index contributed by atoms with van der Waals surface area (Å²) in [5.74, 6) is 2.00. The fourth-order valence-electron chi connectivity index (χ4n) is 9.12. The van der Waals surface area contributed by atoms with Gasteiger partial charge < -0.3 is 20.3 Å². The number of carbonyl (C=O) groups is 1. The average Bonchev–Trinajstić information content (AvgIpc) is 3.22. The molecule has 0 saturated heterocycles. The van der Waals surface area contributed by atoms with Gasteiger partial charge in [-0.05, 0) is 50.7 Å². The molecule has 0 fully saturated rings. The van der Waals surface area contributed by atoms with Gasteiger partial charge in [0.1, 0.15) is 5.70 Å². The van der Waals surface area contributed by atoms with E-state index in [4.69, 9.17) is 4.74 Å². The topological polar surface area (TPSA) is 53.6 Å². The first-order valence-corrected chi connectivity index (χ1v) is 25.7. The maximum Gasteiger partial charge on any atom is 0.212 e. The molecule has 0 aliphatic heterocycles. The molecule has 1 atom stereocenters. The summed E-state index contributed by atoms with van der Waals surface area (Å²) < 4.78 is 5.17. The predicted molar refractivity (Wildman–Crippen MR) is 252 cm³/mol. The summed E-state index contributed by atoms with van der Waals surface area (Å²) in [6.07, 6.45) is 47.8. The van der Waals surface area contributed by atoms with Gasteiger partial charge >= 0.3 is 0 Å². The van der Waals surface area contributed by atoms with E-state index in [1.807, 2.05) is 0 Å². The zero-order chi connectivity index (χ0) is 41.4. The minimum atomic E-state index is 0.0559. The van der Waals surface area contributed by atoms with E-state index in [0.717, 1.165) is 37.0 Å². The highest BCUT2D eigenvalue weighted by Gasteiger charge is 2.31. The van der Waals surface area contributed by atoms with Crippen molar-refractivity contribution in [1.29, 1.82) is 0 Å². The Bertz CT molecular complexity index is 932. The smallest absolute Gasteiger partial charge is 0.212 e. The summed E-state index contributed by atoms with van der Waals surface area (Å²) in [6.45, 7) is 19.0. The number of Topliss-reactive ketones (excluding diaryl/α,β-unsaturated/α-hetero) is 1. The fourth-order valence-corrected chi connectivity index (χ4v) is 9.12. The lowest BCUT2D eigenvalue weighted by atomic mass is 9.89. The molecule has 1 unspecified atom stereocenters. The second-order valence-corrected chi connectivity index (χ2v) is 18.2. The van der Waals surface area contributed by atoms with Gasteiger partial charge in [-0.25, -0.2) is 0 Å². The molecule has 5 heteroatoms. The molecule has 0 amide bonds. The molecule has 0 radical (unpaired) electrons. The molecule has 0 saturated carbocycles. The zero-order valence-corrected chi connectivity index (χ0v) is 39.4. The molecular weight excluding hydrogens is 699 g/mol. The lowest BCUT2D eigenvalue weighted by molar-refractivity contribution is -0.113. The Labute approximate surface area is 357 Å². The van der Waals surface area contributed by atoms with Crippen molar-refractivity contribution in [3.8, 4) is 0 Å². The van der Waals surface area contributed by atoms with Crippen LogP contribution in [0.2, 0.25) is 0 Å². The average molecular weight is 800 g/mol. The largest absolute Gasteiger partial charge is 0.383 e. The number of unbranched alkanes of at least 4 members (excludes halogenated alkanes) is 21. The van der Waals surface area contributed by atoms with E-state index in [-0.39, 0.29) is 5.78 Å². The van der Waals surface area contributed by atoms with Gasteiger partial charge in [-0.3, -0.25) is 4.79 Å². The van der Waals surface area contributed by atoms with Crippen molar-refractivity contribution in [3.63, 3.8) is 0 Å². The van der Waals surface area contributed by atoms with Crippen LogP contribution in [-0.4, -0.2) is 57.1 Å². The van der Waals surface area contributed by atoms with Crippen LogP contribution < -0.4 is 10.6 Å². The van der Waals surface area contributed by atoms with E-state index in [9.17, 15) is 4.79 Å². The highest BCUT2D eigenvalue weighted by atomic mass is 16.5. The molecule has 0 bridgehead atoms. The van der Waals surface area contributed by atoms with Crippen LogP contribution in [0.1, 0.15) is 246 Å². The van der Waals surface area contributed by atoms with Crippen molar-refractivity contribution in [3.05, 3.63) is 23.5 Å². The van der Waals surface area contributed by atoms with Crippen molar-refractivity contribution in [2.45, 2.75) is 246 Å². The Balaban J connectivity index is 2.49. The predicted octanol–water partition coefficient (Wildman–Crippen LogP) is 15.0. The van der Waals surface area contributed by atoms with Crippen LogP contribution in [0.15, 0.2) is 23.5 Å². The molecule has 1 aliphatic rings. The third kappa shape index (κ3) is 29.5. The number of methoxy groups -OCH3 is 1. The zero-order valence-electron chi connectivity index (χ0n) is 39.4. The summed E-state index contributed by atoms with van der Waals surface area (Å²) in [5.41, 5.74) is 2.18. The Kier molecular flexibility index (Phi) is 37.8. The van der Waals surface area contributed by atoms with Crippen LogP contribution in [0.4, 0.5) is 0 Å². The third-order valence-corrected chi connectivity index (χ3v) is 12.9. The Morgan fingerprint density at radius 3 is 1.26 bits per heavy atom. The number of ketones is 1. The molecule has 0 aromatic heterocycles. The molecule has 1 rings (SSSR count). The maximum atomic E-state index is 12.5. The van der Waals surface area contributed by atoms with E-state index in [0.29, 0.717) is 24.4 Å². The van der Waals surface area contributed by atoms with Crippen LogP contribution in [0, 0.1) is 11.8 Å². The number of hydrogen-bond donors (Lipinski definition) is 2. The lowest BCUT2D eigenvalue weighted by Gasteiger charge is -2.27. The molecule has 57 heavy (non-hydrogen) atoms. The molecule has 0 heterocycles. The second-order valence-electron chi connectivity index (χ2n) is 18.2. The van der Waals surface area contributed by atoms with Gasteiger partial charge in [0.05, 0.1) is 12.3 Å². The molecule has 0 spiro atoms. The van der Waals surface area contributed by atoms with Gasteiger partial charge in [0, 0.05) is 25.8 Å². The van der Waals surface area contributed by atoms with Crippen molar-refractivity contribution >= 4 is 5.78 Å².